The average molecular weight is 300 g/mol. The predicted molar refractivity (Wildman–Crippen MR) is 80.7 cm³/mol. The molecular formula is C16H16N2O4. The molecule has 0 spiro atoms. The Morgan fingerprint density at radius 1 is 1.27 bits per heavy atom. The quantitative estimate of drug-likeness (QED) is 0.785. The second-order valence-electron chi connectivity index (χ2n) is 5.00. The molecular weight excluding hydrogens is 284 g/mol. The minimum atomic E-state index is -0.424. The lowest BCUT2D eigenvalue weighted by Gasteiger charge is -2.16. The number of hydrogen-bond acceptors (Lipinski definition) is 4. The fourth-order valence-corrected chi connectivity index (χ4v) is 2.35. The van der Waals surface area contributed by atoms with Crippen molar-refractivity contribution in [2.24, 2.45) is 0 Å². The number of furan rings is 1. The van der Waals surface area contributed by atoms with Crippen molar-refractivity contribution in [2.45, 2.75) is 25.9 Å². The Morgan fingerprint density at radius 2 is 2.09 bits per heavy atom. The van der Waals surface area contributed by atoms with Crippen LogP contribution in [-0.4, -0.2) is 16.5 Å². The number of fused-ring (bicyclic) bond motifs is 1. The maximum absolute atomic E-state index is 12.0. The second-order valence-corrected chi connectivity index (χ2v) is 5.00. The summed E-state index contributed by atoms with van der Waals surface area (Å²) in [5, 5.41) is 2.87. The number of carbonyl (C=O) groups excluding carboxylic acids is 1. The van der Waals surface area contributed by atoms with Crippen molar-refractivity contribution in [1.82, 2.24) is 9.88 Å². The zero-order chi connectivity index (χ0) is 15.5. The largest absolute Gasteiger partial charge is 0.459 e. The molecule has 22 heavy (non-hydrogen) atoms. The summed E-state index contributed by atoms with van der Waals surface area (Å²) in [6, 6.07) is 10.3. The maximum atomic E-state index is 12.0. The molecule has 2 heterocycles. The third-order valence-electron chi connectivity index (χ3n) is 3.55. The van der Waals surface area contributed by atoms with Crippen LogP contribution < -0.4 is 11.1 Å². The van der Waals surface area contributed by atoms with Gasteiger partial charge in [0.1, 0.15) is 0 Å². The molecule has 0 unspecified atom stereocenters. The van der Waals surface area contributed by atoms with Gasteiger partial charge in [-0.2, -0.15) is 0 Å². The van der Waals surface area contributed by atoms with Gasteiger partial charge in [-0.1, -0.05) is 19.1 Å². The summed E-state index contributed by atoms with van der Waals surface area (Å²) in [5.41, 5.74) is 1.26. The van der Waals surface area contributed by atoms with Crippen LogP contribution >= 0.6 is 0 Å². The molecule has 114 valence electrons. The summed E-state index contributed by atoms with van der Waals surface area (Å²) >= 11 is 0. The number of carbonyl (C=O) groups is 1. The van der Waals surface area contributed by atoms with Crippen LogP contribution in [0.15, 0.2) is 56.3 Å². The van der Waals surface area contributed by atoms with Crippen LogP contribution in [0, 0.1) is 0 Å². The minimum absolute atomic E-state index is 0.198. The smallest absolute Gasteiger partial charge is 0.420 e. The van der Waals surface area contributed by atoms with Gasteiger partial charge in [-0.05, 0) is 30.7 Å². The summed E-state index contributed by atoms with van der Waals surface area (Å²) in [5.74, 6) is -0.465. The number of amides is 1. The van der Waals surface area contributed by atoms with Gasteiger partial charge in [0.25, 0.3) is 5.91 Å². The van der Waals surface area contributed by atoms with Crippen LogP contribution in [0.2, 0.25) is 0 Å². The highest BCUT2D eigenvalue weighted by Gasteiger charge is 2.17. The van der Waals surface area contributed by atoms with Gasteiger partial charge in [0, 0.05) is 12.6 Å². The fourth-order valence-electron chi connectivity index (χ4n) is 2.35. The molecule has 0 aliphatic carbocycles. The topological polar surface area (TPSA) is 77.4 Å². The molecule has 0 bridgehead atoms. The molecule has 2 aromatic heterocycles. The monoisotopic (exact) mass is 300 g/mol. The molecule has 1 N–H and O–H groups in total. The number of hydrogen-bond donors (Lipinski definition) is 1. The van der Waals surface area contributed by atoms with E-state index in [0.717, 1.165) is 5.52 Å². The Morgan fingerprint density at radius 3 is 2.82 bits per heavy atom. The number of nitrogens with zero attached hydrogens (tertiary/aromatic N) is 1. The molecule has 0 aliphatic heterocycles. The van der Waals surface area contributed by atoms with E-state index in [1.807, 2.05) is 25.1 Å². The van der Waals surface area contributed by atoms with Crippen LogP contribution in [0.1, 0.15) is 23.9 Å². The van der Waals surface area contributed by atoms with Gasteiger partial charge in [-0.25, -0.2) is 4.79 Å². The Bertz CT molecular complexity index is 829. The molecule has 3 aromatic rings. The Hall–Kier alpha value is -2.76. The fraction of sp³-hybridized carbons (Fsp3) is 0.250. The predicted octanol–water partition coefficient (Wildman–Crippen LogP) is 2.40. The lowest BCUT2D eigenvalue weighted by Crippen LogP contribution is -2.39. The molecule has 0 fully saturated rings. The van der Waals surface area contributed by atoms with Gasteiger partial charge in [0.05, 0.1) is 11.8 Å². The summed E-state index contributed by atoms with van der Waals surface area (Å²) in [6.45, 7) is 2.29. The Balaban J connectivity index is 1.81. The van der Waals surface area contributed by atoms with E-state index < -0.39 is 5.76 Å². The lowest BCUT2D eigenvalue weighted by atomic mass is 10.2. The van der Waals surface area contributed by atoms with Crippen LogP contribution in [0.25, 0.3) is 11.1 Å². The maximum Gasteiger partial charge on any atom is 0.420 e. The molecule has 6 heteroatoms. The number of benzene rings is 1. The summed E-state index contributed by atoms with van der Waals surface area (Å²) in [6.07, 6.45) is 2.13. The zero-order valence-corrected chi connectivity index (χ0v) is 12.1. The molecule has 1 amide bonds. The first-order valence-electron chi connectivity index (χ1n) is 7.11. The first kappa shape index (κ1) is 14.2. The highest BCUT2D eigenvalue weighted by molar-refractivity contribution is 5.91. The highest BCUT2D eigenvalue weighted by atomic mass is 16.4. The van der Waals surface area contributed by atoms with Crippen LogP contribution in [0.3, 0.4) is 0 Å². The molecule has 6 nitrogen and oxygen atoms in total. The Labute approximate surface area is 126 Å². The number of nitrogens with one attached hydrogen (secondary N) is 1. The van der Waals surface area contributed by atoms with Crippen molar-refractivity contribution in [1.29, 1.82) is 0 Å². The average Bonchev–Trinajstić information content (AvgIpc) is 3.15. The van der Waals surface area contributed by atoms with E-state index in [-0.39, 0.29) is 17.7 Å². The molecule has 0 radical (unpaired) electrons. The van der Waals surface area contributed by atoms with Crippen molar-refractivity contribution in [3.63, 3.8) is 0 Å². The van der Waals surface area contributed by atoms with Gasteiger partial charge in [-0.15, -0.1) is 0 Å². The first-order valence-corrected chi connectivity index (χ1v) is 7.11. The molecule has 0 aliphatic rings. The van der Waals surface area contributed by atoms with Crippen LogP contribution in [0.5, 0.6) is 0 Å². The van der Waals surface area contributed by atoms with Gasteiger partial charge < -0.3 is 14.2 Å². The van der Waals surface area contributed by atoms with Crippen LogP contribution in [0.4, 0.5) is 0 Å². The van der Waals surface area contributed by atoms with E-state index in [2.05, 4.69) is 5.32 Å². The molecule has 0 saturated carbocycles. The summed E-state index contributed by atoms with van der Waals surface area (Å²) in [7, 11) is 0. The second kappa shape index (κ2) is 5.93. The standard InChI is InChI=1S/C16H16N2O4/c1-2-11(17-15(19)14-8-5-9-21-14)10-18-12-6-3-4-7-13(12)22-16(18)20/h3-9,11H,2,10H2,1H3,(H,17,19)/t11-/m1/s1. The van der Waals surface area contributed by atoms with Crippen molar-refractivity contribution in [3.05, 3.63) is 59.0 Å². The number of para-hydroxylation sites is 2. The molecule has 3 rings (SSSR count). The summed E-state index contributed by atoms with van der Waals surface area (Å²) in [4.78, 5) is 24.0. The van der Waals surface area contributed by atoms with E-state index in [4.69, 9.17) is 8.83 Å². The molecule has 0 saturated heterocycles. The first-order chi connectivity index (χ1) is 10.7. The van der Waals surface area contributed by atoms with Crippen LogP contribution in [-0.2, 0) is 6.54 Å². The summed E-state index contributed by atoms with van der Waals surface area (Å²) < 4.78 is 11.8. The SMILES string of the molecule is CC[C@H](Cn1c(=O)oc2ccccc21)NC(=O)c1ccco1. The van der Waals surface area contributed by atoms with Crippen molar-refractivity contribution >= 4 is 17.0 Å². The van der Waals surface area contributed by atoms with Gasteiger partial charge in [-0.3, -0.25) is 9.36 Å². The number of oxazole rings is 1. The number of rotatable bonds is 5. The van der Waals surface area contributed by atoms with E-state index in [0.29, 0.717) is 18.5 Å². The van der Waals surface area contributed by atoms with Crippen molar-refractivity contribution in [2.75, 3.05) is 0 Å². The van der Waals surface area contributed by atoms with Gasteiger partial charge in [0.2, 0.25) is 0 Å². The Kier molecular flexibility index (Phi) is 3.82. The minimum Gasteiger partial charge on any atom is -0.459 e. The van der Waals surface area contributed by atoms with E-state index in [1.54, 1.807) is 18.2 Å². The molecule has 1 aromatic carbocycles. The lowest BCUT2D eigenvalue weighted by molar-refractivity contribution is 0.0903. The van der Waals surface area contributed by atoms with E-state index in [9.17, 15) is 9.59 Å². The van der Waals surface area contributed by atoms with Crippen molar-refractivity contribution < 1.29 is 13.6 Å². The third kappa shape index (κ3) is 2.67. The van der Waals surface area contributed by atoms with Crippen molar-refractivity contribution in [3.8, 4) is 0 Å². The normalized spacial score (nSPS) is 12.4. The number of aromatic nitrogens is 1. The van der Waals surface area contributed by atoms with E-state index in [1.165, 1.54) is 10.8 Å². The molecule has 1 atom stereocenters. The third-order valence-corrected chi connectivity index (χ3v) is 3.55. The highest BCUT2D eigenvalue weighted by Crippen LogP contribution is 2.13. The van der Waals surface area contributed by atoms with Gasteiger partial charge >= 0.3 is 5.76 Å². The van der Waals surface area contributed by atoms with E-state index >= 15 is 0 Å². The van der Waals surface area contributed by atoms with Gasteiger partial charge in [0.15, 0.2) is 11.3 Å². The zero-order valence-electron chi connectivity index (χ0n) is 12.1.